The summed E-state index contributed by atoms with van der Waals surface area (Å²) >= 11 is 0. The first kappa shape index (κ1) is 15.7. The number of benzene rings is 2. The van der Waals surface area contributed by atoms with Crippen molar-refractivity contribution < 1.29 is 9.53 Å². The van der Waals surface area contributed by atoms with E-state index in [0.717, 1.165) is 16.9 Å². The number of carbonyl (C=O) groups excluding carboxylic acids is 1. The summed E-state index contributed by atoms with van der Waals surface area (Å²) in [7, 11) is 1.63. The van der Waals surface area contributed by atoms with Gasteiger partial charge in [-0.1, -0.05) is 48.5 Å². The molecule has 0 saturated heterocycles. The van der Waals surface area contributed by atoms with Crippen LogP contribution in [0, 0.1) is 0 Å². The highest BCUT2D eigenvalue weighted by molar-refractivity contribution is 5.92. The predicted molar refractivity (Wildman–Crippen MR) is 93.0 cm³/mol. The number of nitrogens with one attached hydrogen (secondary N) is 1. The highest BCUT2D eigenvalue weighted by Gasteiger charge is 2.18. The lowest BCUT2D eigenvalue weighted by molar-refractivity contribution is 0.0938. The second-order valence-corrected chi connectivity index (χ2v) is 5.31. The van der Waals surface area contributed by atoms with E-state index in [1.54, 1.807) is 31.5 Å². The molecule has 1 heterocycles. The summed E-state index contributed by atoms with van der Waals surface area (Å²) in [5.41, 5.74) is 2.38. The molecule has 0 fully saturated rings. The van der Waals surface area contributed by atoms with Gasteiger partial charge >= 0.3 is 0 Å². The van der Waals surface area contributed by atoms with Crippen LogP contribution in [0.15, 0.2) is 79.0 Å². The predicted octanol–water partition coefficient (Wildman–Crippen LogP) is 3.61. The van der Waals surface area contributed by atoms with Gasteiger partial charge < -0.3 is 10.1 Å². The number of hydrogen-bond acceptors (Lipinski definition) is 3. The normalized spacial score (nSPS) is 11.5. The van der Waals surface area contributed by atoms with Crippen LogP contribution in [0.2, 0.25) is 0 Å². The van der Waals surface area contributed by atoms with Gasteiger partial charge in [-0.05, 0) is 35.4 Å². The molecule has 0 spiro atoms. The Balaban J connectivity index is 1.91. The molecule has 24 heavy (non-hydrogen) atoms. The summed E-state index contributed by atoms with van der Waals surface area (Å²) in [5.74, 6) is 0.571. The average Bonchev–Trinajstić information content (AvgIpc) is 2.67. The quantitative estimate of drug-likeness (QED) is 0.782. The van der Waals surface area contributed by atoms with Crippen LogP contribution in [-0.4, -0.2) is 18.0 Å². The zero-order chi connectivity index (χ0) is 16.8. The van der Waals surface area contributed by atoms with E-state index in [-0.39, 0.29) is 11.9 Å². The molecule has 0 radical (unpaired) electrons. The first-order chi connectivity index (χ1) is 11.8. The third-order valence-electron chi connectivity index (χ3n) is 3.76. The molecule has 1 N–H and O–H groups in total. The summed E-state index contributed by atoms with van der Waals surface area (Å²) in [6, 6.07) is 22.6. The molecule has 1 amide bonds. The van der Waals surface area contributed by atoms with E-state index in [2.05, 4.69) is 10.3 Å². The van der Waals surface area contributed by atoms with Crippen molar-refractivity contribution in [1.29, 1.82) is 0 Å². The molecule has 1 atom stereocenters. The molecular formula is C20H18N2O2. The van der Waals surface area contributed by atoms with E-state index >= 15 is 0 Å². The van der Waals surface area contributed by atoms with E-state index in [0.29, 0.717) is 5.69 Å². The van der Waals surface area contributed by atoms with Gasteiger partial charge in [0, 0.05) is 6.20 Å². The van der Waals surface area contributed by atoms with E-state index in [4.69, 9.17) is 4.74 Å². The lowest BCUT2D eigenvalue weighted by atomic mass is 9.98. The SMILES string of the molecule is COc1ccc(C(NC(=O)c2ccccn2)c2ccccc2)cc1. The molecule has 0 aliphatic heterocycles. The Morgan fingerprint density at radius 1 is 0.917 bits per heavy atom. The molecule has 120 valence electrons. The third-order valence-corrected chi connectivity index (χ3v) is 3.76. The maximum Gasteiger partial charge on any atom is 0.270 e. The summed E-state index contributed by atoms with van der Waals surface area (Å²) in [4.78, 5) is 16.6. The lowest BCUT2D eigenvalue weighted by Crippen LogP contribution is -2.29. The van der Waals surface area contributed by atoms with Crippen LogP contribution in [0.3, 0.4) is 0 Å². The number of rotatable bonds is 5. The number of nitrogens with zero attached hydrogens (tertiary/aromatic N) is 1. The Hall–Kier alpha value is -3.14. The van der Waals surface area contributed by atoms with Gasteiger partial charge in [-0.3, -0.25) is 9.78 Å². The zero-order valence-corrected chi connectivity index (χ0v) is 13.3. The summed E-state index contributed by atoms with van der Waals surface area (Å²) in [6.07, 6.45) is 1.61. The molecule has 0 aliphatic rings. The highest BCUT2D eigenvalue weighted by Crippen LogP contribution is 2.24. The Morgan fingerprint density at radius 3 is 2.21 bits per heavy atom. The molecular weight excluding hydrogens is 300 g/mol. The van der Waals surface area contributed by atoms with E-state index < -0.39 is 0 Å². The average molecular weight is 318 g/mol. The second kappa shape index (κ2) is 7.42. The first-order valence-electron chi connectivity index (χ1n) is 7.69. The van der Waals surface area contributed by atoms with Crippen molar-refractivity contribution in [3.05, 3.63) is 95.8 Å². The van der Waals surface area contributed by atoms with Crippen LogP contribution in [-0.2, 0) is 0 Å². The van der Waals surface area contributed by atoms with Crippen molar-refractivity contribution >= 4 is 5.91 Å². The van der Waals surface area contributed by atoms with Crippen LogP contribution < -0.4 is 10.1 Å². The third kappa shape index (κ3) is 3.60. The van der Waals surface area contributed by atoms with Gasteiger partial charge in [-0.2, -0.15) is 0 Å². The number of aromatic nitrogens is 1. The topological polar surface area (TPSA) is 51.2 Å². The minimum atomic E-state index is -0.258. The molecule has 3 aromatic rings. The number of hydrogen-bond donors (Lipinski definition) is 1. The highest BCUT2D eigenvalue weighted by atomic mass is 16.5. The van der Waals surface area contributed by atoms with Gasteiger partial charge in [-0.15, -0.1) is 0 Å². The van der Waals surface area contributed by atoms with E-state index in [1.807, 2.05) is 54.6 Å². The van der Waals surface area contributed by atoms with Gasteiger partial charge in [0.1, 0.15) is 11.4 Å². The van der Waals surface area contributed by atoms with Crippen LogP contribution in [0.25, 0.3) is 0 Å². The van der Waals surface area contributed by atoms with Crippen LogP contribution >= 0.6 is 0 Å². The van der Waals surface area contributed by atoms with Crippen LogP contribution in [0.1, 0.15) is 27.7 Å². The van der Waals surface area contributed by atoms with Crippen molar-refractivity contribution in [3.63, 3.8) is 0 Å². The molecule has 4 heteroatoms. The molecule has 1 aromatic heterocycles. The lowest BCUT2D eigenvalue weighted by Gasteiger charge is -2.20. The smallest absolute Gasteiger partial charge is 0.270 e. The minimum Gasteiger partial charge on any atom is -0.497 e. The fraction of sp³-hybridized carbons (Fsp3) is 0.100. The van der Waals surface area contributed by atoms with E-state index in [1.165, 1.54) is 0 Å². The van der Waals surface area contributed by atoms with Gasteiger partial charge in [-0.25, -0.2) is 0 Å². The summed E-state index contributed by atoms with van der Waals surface area (Å²) < 4.78 is 5.21. The second-order valence-electron chi connectivity index (χ2n) is 5.31. The fourth-order valence-corrected chi connectivity index (χ4v) is 2.50. The maximum atomic E-state index is 12.5. The van der Waals surface area contributed by atoms with Crippen molar-refractivity contribution in [3.8, 4) is 5.75 Å². The van der Waals surface area contributed by atoms with Crippen LogP contribution in [0.4, 0.5) is 0 Å². The molecule has 0 bridgehead atoms. The van der Waals surface area contributed by atoms with Gasteiger partial charge in [0.15, 0.2) is 0 Å². The molecule has 3 rings (SSSR count). The number of carbonyl (C=O) groups is 1. The zero-order valence-electron chi connectivity index (χ0n) is 13.3. The number of methoxy groups -OCH3 is 1. The first-order valence-corrected chi connectivity index (χ1v) is 7.69. The summed E-state index contributed by atoms with van der Waals surface area (Å²) in [6.45, 7) is 0. The molecule has 0 saturated carbocycles. The van der Waals surface area contributed by atoms with Crippen molar-refractivity contribution in [2.45, 2.75) is 6.04 Å². The number of amides is 1. The summed E-state index contributed by atoms with van der Waals surface area (Å²) in [5, 5.41) is 3.06. The van der Waals surface area contributed by atoms with Crippen molar-refractivity contribution in [1.82, 2.24) is 10.3 Å². The van der Waals surface area contributed by atoms with Gasteiger partial charge in [0.05, 0.1) is 13.2 Å². The molecule has 0 aliphatic carbocycles. The monoisotopic (exact) mass is 318 g/mol. The maximum absolute atomic E-state index is 12.5. The molecule has 1 unspecified atom stereocenters. The number of pyridine rings is 1. The van der Waals surface area contributed by atoms with Crippen molar-refractivity contribution in [2.75, 3.05) is 7.11 Å². The standard InChI is InChI=1S/C20H18N2O2/c1-24-17-12-10-16(11-13-17)19(15-7-3-2-4-8-15)22-20(23)18-9-5-6-14-21-18/h2-14,19H,1H3,(H,22,23). The van der Waals surface area contributed by atoms with Gasteiger partial charge in [0.2, 0.25) is 0 Å². The Morgan fingerprint density at radius 2 is 1.58 bits per heavy atom. The van der Waals surface area contributed by atoms with Gasteiger partial charge in [0.25, 0.3) is 5.91 Å². The largest absolute Gasteiger partial charge is 0.497 e. The molecule has 2 aromatic carbocycles. The van der Waals surface area contributed by atoms with E-state index in [9.17, 15) is 4.79 Å². The minimum absolute atomic E-state index is 0.208. The molecule has 4 nitrogen and oxygen atoms in total. The van der Waals surface area contributed by atoms with Crippen LogP contribution in [0.5, 0.6) is 5.75 Å². The number of ether oxygens (including phenoxy) is 1. The Kier molecular flexibility index (Phi) is 4.87. The Labute approximate surface area is 141 Å². The van der Waals surface area contributed by atoms with Crippen molar-refractivity contribution in [2.24, 2.45) is 0 Å². The fourth-order valence-electron chi connectivity index (χ4n) is 2.50. The Bertz CT molecular complexity index is 787.